The predicted octanol–water partition coefficient (Wildman–Crippen LogP) is 4.21. The summed E-state index contributed by atoms with van der Waals surface area (Å²) in [4.78, 5) is 35.5. The minimum atomic E-state index is -0.998. The van der Waals surface area contributed by atoms with E-state index < -0.39 is 11.4 Å². The van der Waals surface area contributed by atoms with Crippen molar-refractivity contribution in [1.82, 2.24) is 0 Å². The van der Waals surface area contributed by atoms with Crippen LogP contribution >= 0.6 is 0 Å². The van der Waals surface area contributed by atoms with Crippen molar-refractivity contribution in [1.29, 1.82) is 0 Å². The number of carbonyl (C=O) groups is 3. The second-order valence-corrected chi connectivity index (χ2v) is 7.03. The third kappa shape index (κ3) is 5.26. The molecule has 0 unspecified atom stereocenters. The van der Waals surface area contributed by atoms with Crippen molar-refractivity contribution in [2.45, 2.75) is 45.4 Å². The first-order valence-corrected chi connectivity index (χ1v) is 9.00. The number of benzene rings is 2. The van der Waals surface area contributed by atoms with E-state index in [4.69, 9.17) is 0 Å². The molecular formula is C22H25NO4. The summed E-state index contributed by atoms with van der Waals surface area (Å²) >= 11 is 0. The molecule has 0 aliphatic carbocycles. The molecule has 0 bridgehead atoms. The molecule has 0 atom stereocenters. The monoisotopic (exact) mass is 367 g/mol. The first-order chi connectivity index (χ1) is 12.7. The third-order valence-corrected chi connectivity index (χ3v) is 4.69. The predicted molar refractivity (Wildman–Crippen MR) is 105 cm³/mol. The summed E-state index contributed by atoms with van der Waals surface area (Å²) in [6.45, 7) is 5.31. The quantitative estimate of drug-likeness (QED) is 0.685. The maximum atomic E-state index is 12.2. The molecular weight excluding hydrogens is 342 g/mol. The van der Waals surface area contributed by atoms with Crippen molar-refractivity contribution in [3.63, 3.8) is 0 Å². The Bertz CT molecular complexity index is 820. The molecule has 142 valence electrons. The normalized spacial score (nSPS) is 11.1. The lowest BCUT2D eigenvalue weighted by Crippen LogP contribution is -2.28. The zero-order valence-corrected chi connectivity index (χ0v) is 15.9. The SMILES string of the molecule is CCc1ccc(C(=O)CCC(=O)Nc2ccc(C(C)(C)C(=O)O)cc2)cc1. The van der Waals surface area contributed by atoms with Crippen LogP contribution < -0.4 is 5.32 Å². The number of hydrogen-bond donors (Lipinski definition) is 2. The molecule has 2 N–H and O–H groups in total. The van der Waals surface area contributed by atoms with Crippen LogP contribution in [0.4, 0.5) is 5.69 Å². The molecule has 5 heteroatoms. The molecule has 2 aromatic carbocycles. The third-order valence-electron chi connectivity index (χ3n) is 4.69. The average Bonchev–Trinajstić information content (AvgIpc) is 2.66. The van der Waals surface area contributed by atoms with Crippen LogP contribution in [-0.4, -0.2) is 22.8 Å². The number of carboxylic acid groups (broad SMARTS) is 1. The van der Waals surface area contributed by atoms with Gasteiger partial charge in [0, 0.05) is 24.1 Å². The molecule has 0 radical (unpaired) electrons. The number of anilines is 1. The van der Waals surface area contributed by atoms with Gasteiger partial charge >= 0.3 is 5.97 Å². The van der Waals surface area contributed by atoms with Gasteiger partial charge < -0.3 is 10.4 Å². The lowest BCUT2D eigenvalue weighted by atomic mass is 9.85. The number of aryl methyl sites for hydroxylation is 1. The zero-order chi connectivity index (χ0) is 20.0. The first-order valence-electron chi connectivity index (χ1n) is 9.00. The second kappa shape index (κ2) is 8.62. The highest BCUT2D eigenvalue weighted by atomic mass is 16.4. The van der Waals surface area contributed by atoms with Gasteiger partial charge in [0.2, 0.25) is 5.91 Å². The summed E-state index contributed by atoms with van der Waals surface area (Å²) < 4.78 is 0. The largest absolute Gasteiger partial charge is 0.481 e. The Morgan fingerprint density at radius 3 is 2.04 bits per heavy atom. The molecule has 27 heavy (non-hydrogen) atoms. The van der Waals surface area contributed by atoms with Crippen molar-refractivity contribution >= 4 is 23.3 Å². The average molecular weight is 367 g/mol. The Hall–Kier alpha value is -2.95. The van der Waals surface area contributed by atoms with Crippen molar-refractivity contribution in [3.05, 3.63) is 65.2 Å². The van der Waals surface area contributed by atoms with Gasteiger partial charge in [-0.2, -0.15) is 0 Å². The van der Waals surface area contributed by atoms with E-state index in [0.717, 1.165) is 6.42 Å². The van der Waals surface area contributed by atoms with E-state index in [9.17, 15) is 19.5 Å². The molecule has 0 aromatic heterocycles. The van der Waals surface area contributed by atoms with Crippen LogP contribution in [-0.2, 0) is 21.4 Å². The van der Waals surface area contributed by atoms with Crippen molar-refractivity contribution in [3.8, 4) is 0 Å². The second-order valence-electron chi connectivity index (χ2n) is 7.03. The molecule has 0 aliphatic rings. The van der Waals surface area contributed by atoms with Gasteiger partial charge in [0.25, 0.3) is 0 Å². The number of carbonyl (C=O) groups excluding carboxylic acids is 2. The molecule has 0 saturated carbocycles. The summed E-state index contributed by atoms with van der Waals surface area (Å²) in [5.41, 5.74) is 2.00. The molecule has 1 amide bonds. The number of nitrogens with one attached hydrogen (secondary N) is 1. The van der Waals surface area contributed by atoms with E-state index in [1.54, 1.807) is 50.2 Å². The summed E-state index contributed by atoms with van der Waals surface area (Å²) in [5, 5.41) is 12.0. The highest BCUT2D eigenvalue weighted by molar-refractivity contribution is 6.00. The Kier molecular flexibility index (Phi) is 6.50. The molecule has 0 spiro atoms. The number of carboxylic acids is 1. The van der Waals surface area contributed by atoms with Crippen LogP contribution in [0.15, 0.2) is 48.5 Å². The number of Topliss-reactive ketones (excluding diaryl/α,β-unsaturated/α-hetero) is 1. The molecule has 0 heterocycles. The lowest BCUT2D eigenvalue weighted by Gasteiger charge is -2.19. The molecule has 2 rings (SSSR count). The van der Waals surface area contributed by atoms with Gasteiger partial charge in [-0.05, 0) is 43.5 Å². The summed E-state index contributed by atoms with van der Waals surface area (Å²) in [6, 6.07) is 14.1. The smallest absolute Gasteiger partial charge is 0.313 e. The van der Waals surface area contributed by atoms with E-state index in [-0.39, 0.29) is 24.5 Å². The molecule has 0 saturated heterocycles. The lowest BCUT2D eigenvalue weighted by molar-refractivity contribution is -0.142. The van der Waals surface area contributed by atoms with E-state index >= 15 is 0 Å². The topological polar surface area (TPSA) is 83.5 Å². The fourth-order valence-electron chi connectivity index (χ4n) is 2.61. The van der Waals surface area contributed by atoms with Crippen LogP contribution in [0, 0.1) is 0 Å². The number of rotatable bonds is 8. The van der Waals surface area contributed by atoms with E-state index in [0.29, 0.717) is 16.8 Å². The van der Waals surface area contributed by atoms with Crippen LogP contribution in [0.25, 0.3) is 0 Å². The van der Waals surface area contributed by atoms with Gasteiger partial charge in [0.1, 0.15) is 0 Å². The van der Waals surface area contributed by atoms with Crippen LogP contribution in [0.5, 0.6) is 0 Å². The van der Waals surface area contributed by atoms with Crippen molar-refractivity contribution < 1.29 is 19.5 Å². The Labute approximate surface area is 159 Å². The van der Waals surface area contributed by atoms with Gasteiger partial charge in [-0.1, -0.05) is 43.3 Å². The molecule has 0 fully saturated rings. The minimum Gasteiger partial charge on any atom is -0.481 e. The number of amides is 1. The van der Waals surface area contributed by atoms with Gasteiger partial charge in [-0.3, -0.25) is 14.4 Å². The summed E-state index contributed by atoms with van der Waals surface area (Å²) in [5.74, 6) is -1.23. The maximum absolute atomic E-state index is 12.2. The highest BCUT2D eigenvalue weighted by Crippen LogP contribution is 2.24. The molecule has 0 aliphatic heterocycles. The van der Waals surface area contributed by atoms with Crippen LogP contribution in [0.3, 0.4) is 0 Å². The van der Waals surface area contributed by atoms with Gasteiger partial charge in [0.05, 0.1) is 5.41 Å². The Morgan fingerprint density at radius 2 is 1.52 bits per heavy atom. The summed E-state index contributed by atoms with van der Waals surface area (Å²) in [6.07, 6.45) is 1.15. The van der Waals surface area contributed by atoms with Gasteiger partial charge in [-0.25, -0.2) is 0 Å². The summed E-state index contributed by atoms with van der Waals surface area (Å²) in [7, 11) is 0. The first kappa shape index (κ1) is 20.4. The Morgan fingerprint density at radius 1 is 0.926 bits per heavy atom. The maximum Gasteiger partial charge on any atom is 0.313 e. The van der Waals surface area contributed by atoms with Crippen LogP contribution in [0.1, 0.15) is 55.1 Å². The van der Waals surface area contributed by atoms with E-state index in [1.165, 1.54) is 5.56 Å². The van der Waals surface area contributed by atoms with Crippen molar-refractivity contribution in [2.75, 3.05) is 5.32 Å². The minimum absolute atomic E-state index is 0.0636. The fourth-order valence-corrected chi connectivity index (χ4v) is 2.61. The van der Waals surface area contributed by atoms with Crippen molar-refractivity contribution in [2.24, 2.45) is 0 Å². The molecule has 2 aromatic rings. The number of ketones is 1. The number of hydrogen-bond acceptors (Lipinski definition) is 3. The molecule has 5 nitrogen and oxygen atoms in total. The van der Waals surface area contributed by atoms with E-state index in [2.05, 4.69) is 12.2 Å². The number of aliphatic carboxylic acids is 1. The Balaban J connectivity index is 1.89. The van der Waals surface area contributed by atoms with Crippen LogP contribution in [0.2, 0.25) is 0 Å². The van der Waals surface area contributed by atoms with Gasteiger partial charge in [-0.15, -0.1) is 0 Å². The standard InChI is InChI=1S/C22H25NO4/c1-4-15-5-7-16(8-6-15)19(24)13-14-20(25)23-18-11-9-17(10-12-18)22(2,3)21(26)27/h5-12H,4,13-14H2,1-3H3,(H,23,25)(H,26,27). The van der Waals surface area contributed by atoms with E-state index in [1.807, 2.05) is 12.1 Å². The van der Waals surface area contributed by atoms with Gasteiger partial charge in [0.15, 0.2) is 5.78 Å². The highest BCUT2D eigenvalue weighted by Gasteiger charge is 2.29. The zero-order valence-electron chi connectivity index (χ0n) is 15.9. The fraction of sp³-hybridized carbons (Fsp3) is 0.318.